The van der Waals surface area contributed by atoms with Crippen LogP contribution in [0.2, 0.25) is 0 Å². The summed E-state index contributed by atoms with van der Waals surface area (Å²) in [6, 6.07) is 1.44. The first-order chi connectivity index (χ1) is 9.40. The van der Waals surface area contributed by atoms with E-state index in [1.54, 1.807) is 0 Å². The maximum atomic E-state index is 5.48. The van der Waals surface area contributed by atoms with Crippen LogP contribution >= 0.6 is 11.8 Å². The Morgan fingerprint density at radius 3 is 2.79 bits per heavy atom. The number of hydrogen-bond donors (Lipinski definition) is 1. The SMILES string of the molecule is C=CCCSCCNC1CCN(C2CCOC2)CC1. The first-order valence-corrected chi connectivity index (χ1v) is 8.79. The van der Waals surface area contributed by atoms with Crippen molar-refractivity contribution < 1.29 is 4.74 Å². The number of rotatable bonds is 8. The summed E-state index contributed by atoms with van der Waals surface area (Å²) in [6.07, 6.45) is 6.97. The first kappa shape index (κ1) is 15.4. The van der Waals surface area contributed by atoms with Crippen molar-refractivity contribution in [3.8, 4) is 0 Å². The summed E-state index contributed by atoms with van der Waals surface area (Å²) in [7, 11) is 0. The van der Waals surface area contributed by atoms with Crippen molar-refractivity contribution in [3.63, 3.8) is 0 Å². The minimum Gasteiger partial charge on any atom is -0.380 e. The largest absolute Gasteiger partial charge is 0.380 e. The molecule has 110 valence electrons. The summed E-state index contributed by atoms with van der Waals surface area (Å²) in [6.45, 7) is 9.31. The van der Waals surface area contributed by atoms with Gasteiger partial charge in [0.05, 0.1) is 6.61 Å². The van der Waals surface area contributed by atoms with Crippen LogP contribution in [-0.4, -0.2) is 61.3 Å². The summed E-state index contributed by atoms with van der Waals surface area (Å²) >= 11 is 2.03. The average Bonchev–Trinajstić information content (AvgIpc) is 2.97. The van der Waals surface area contributed by atoms with E-state index < -0.39 is 0 Å². The normalized spacial score (nSPS) is 25.8. The number of thioether (sulfide) groups is 1. The van der Waals surface area contributed by atoms with Gasteiger partial charge in [0.1, 0.15) is 0 Å². The Morgan fingerprint density at radius 2 is 2.11 bits per heavy atom. The molecule has 0 aromatic rings. The highest BCUT2D eigenvalue weighted by atomic mass is 32.2. The van der Waals surface area contributed by atoms with Crippen LogP contribution in [0.3, 0.4) is 0 Å². The lowest BCUT2D eigenvalue weighted by Gasteiger charge is -2.35. The highest BCUT2D eigenvalue weighted by molar-refractivity contribution is 7.99. The monoisotopic (exact) mass is 284 g/mol. The molecule has 0 aromatic carbocycles. The molecule has 2 aliphatic heterocycles. The van der Waals surface area contributed by atoms with Crippen LogP contribution in [0.4, 0.5) is 0 Å². The molecule has 2 aliphatic rings. The van der Waals surface area contributed by atoms with Gasteiger partial charge in [-0.15, -0.1) is 6.58 Å². The number of ether oxygens (including phenoxy) is 1. The van der Waals surface area contributed by atoms with Gasteiger partial charge in [0.25, 0.3) is 0 Å². The van der Waals surface area contributed by atoms with Gasteiger partial charge in [0, 0.05) is 44.1 Å². The lowest BCUT2D eigenvalue weighted by molar-refractivity contribution is 0.117. The zero-order valence-electron chi connectivity index (χ0n) is 12.0. The van der Waals surface area contributed by atoms with Gasteiger partial charge in [-0.3, -0.25) is 4.90 Å². The van der Waals surface area contributed by atoms with Gasteiger partial charge in [-0.1, -0.05) is 6.08 Å². The second kappa shape index (κ2) is 9.01. The number of allylic oxidation sites excluding steroid dienone is 1. The second-order valence-corrected chi connectivity index (χ2v) is 6.70. The molecular weight excluding hydrogens is 256 g/mol. The average molecular weight is 284 g/mol. The van der Waals surface area contributed by atoms with Crippen LogP contribution in [0.1, 0.15) is 25.7 Å². The Hall–Kier alpha value is -0.0300. The molecule has 2 heterocycles. The van der Waals surface area contributed by atoms with Crippen molar-refractivity contribution in [1.82, 2.24) is 10.2 Å². The lowest BCUT2D eigenvalue weighted by Crippen LogP contribution is -2.47. The fourth-order valence-electron chi connectivity index (χ4n) is 2.88. The molecule has 4 heteroatoms. The number of nitrogens with one attached hydrogen (secondary N) is 1. The predicted molar refractivity (Wildman–Crippen MR) is 84.0 cm³/mol. The standard InChI is InChI=1S/C15H28N2OS/c1-2-3-11-19-12-7-16-14-4-8-17(9-5-14)15-6-10-18-13-15/h2,14-16H,1,3-13H2. The topological polar surface area (TPSA) is 24.5 Å². The van der Waals surface area contributed by atoms with E-state index in [1.165, 1.54) is 43.9 Å². The summed E-state index contributed by atoms with van der Waals surface area (Å²) in [4.78, 5) is 2.63. The Morgan fingerprint density at radius 1 is 1.26 bits per heavy atom. The Kier molecular flexibility index (Phi) is 7.28. The molecule has 0 bridgehead atoms. The summed E-state index contributed by atoms with van der Waals surface area (Å²) < 4.78 is 5.48. The molecule has 0 aliphatic carbocycles. The van der Waals surface area contributed by atoms with E-state index in [-0.39, 0.29) is 0 Å². The molecule has 19 heavy (non-hydrogen) atoms. The van der Waals surface area contributed by atoms with Crippen molar-refractivity contribution in [1.29, 1.82) is 0 Å². The van der Waals surface area contributed by atoms with E-state index in [9.17, 15) is 0 Å². The van der Waals surface area contributed by atoms with E-state index in [0.29, 0.717) is 6.04 Å². The molecule has 0 saturated carbocycles. The first-order valence-electron chi connectivity index (χ1n) is 7.64. The van der Waals surface area contributed by atoms with Gasteiger partial charge in [0.15, 0.2) is 0 Å². The zero-order chi connectivity index (χ0) is 13.3. The van der Waals surface area contributed by atoms with Crippen LogP contribution in [0.5, 0.6) is 0 Å². The van der Waals surface area contributed by atoms with Gasteiger partial charge in [0.2, 0.25) is 0 Å². The molecule has 1 atom stereocenters. The third kappa shape index (κ3) is 5.46. The van der Waals surface area contributed by atoms with Gasteiger partial charge >= 0.3 is 0 Å². The Balaban J connectivity index is 1.50. The molecule has 0 aromatic heterocycles. The number of piperidine rings is 1. The van der Waals surface area contributed by atoms with E-state index in [0.717, 1.165) is 32.2 Å². The molecule has 2 saturated heterocycles. The van der Waals surface area contributed by atoms with Gasteiger partial charge in [-0.05, 0) is 31.4 Å². The molecule has 3 nitrogen and oxygen atoms in total. The number of nitrogens with zero attached hydrogens (tertiary/aromatic N) is 1. The van der Waals surface area contributed by atoms with Gasteiger partial charge in [-0.2, -0.15) is 11.8 Å². The van der Waals surface area contributed by atoms with E-state index in [1.807, 2.05) is 17.8 Å². The molecular formula is C15H28N2OS. The molecule has 1 unspecified atom stereocenters. The molecule has 0 spiro atoms. The van der Waals surface area contributed by atoms with Crippen molar-refractivity contribution in [3.05, 3.63) is 12.7 Å². The highest BCUT2D eigenvalue weighted by Gasteiger charge is 2.27. The highest BCUT2D eigenvalue weighted by Crippen LogP contribution is 2.18. The van der Waals surface area contributed by atoms with Crippen LogP contribution in [0.25, 0.3) is 0 Å². The minimum absolute atomic E-state index is 0.704. The molecule has 2 fully saturated rings. The quantitative estimate of drug-likeness (QED) is 0.545. The molecule has 0 amide bonds. The van der Waals surface area contributed by atoms with Crippen molar-refractivity contribution in [2.75, 3.05) is 44.4 Å². The summed E-state index contributed by atoms with van der Waals surface area (Å²) in [5, 5.41) is 3.71. The number of hydrogen-bond acceptors (Lipinski definition) is 4. The smallest absolute Gasteiger partial charge is 0.0622 e. The Labute approximate surface area is 122 Å². The van der Waals surface area contributed by atoms with E-state index in [2.05, 4.69) is 16.8 Å². The van der Waals surface area contributed by atoms with Crippen molar-refractivity contribution in [2.24, 2.45) is 0 Å². The summed E-state index contributed by atoms with van der Waals surface area (Å²) in [5.41, 5.74) is 0. The predicted octanol–water partition coefficient (Wildman–Crippen LogP) is 2.14. The lowest BCUT2D eigenvalue weighted by atomic mass is 10.0. The maximum absolute atomic E-state index is 5.48. The van der Waals surface area contributed by atoms with E-state index >= 15 is 0 Å². The fraction of sp³-hybridized carbons (Fsp3) is 0.867. The van der Waals surface area contributed by atoms with E-state index in [4.69, 9.17) is 4.74 Å². The summed E-state index contributed by atoms with van der Waals surface area (Å²) in [5.74, 6) is 2.44. The van der Waals surface area contributed by atoms with Crippen LogP contribution in [-0.2, 0) is 4.74 Å². The van der Waals surface area contributed by atoms with Gasteiger partial charge < -0.3 is 10.1 Å². The molecule has 0 radical (unpaired) electrons. The Bertz CT molecular complexity index is 249. The van der Waals surface area contributed by atoms with Gasteiger partial charge in [-0.25, -0.2) is 0 Å². The third-order valence-electron chi connectivity index (χ3n) is 4.10. The maximum Gasteiger partial charge on any atom is 0.0622 e. The van der Waals surface area contributed by atoms with Crippen molar-refractivity contribution >= 4 is 11.8 Å². The second-order valence-electron chi connectivity index (χ2n) is 5.47. The minimum atomic E-state index is 0.704. The fourth-order valence-corrected chi connectivity index (χ4v) is 3.68. The number of likely N-dealkylation sites (tertiary alicyclic amines) is 1. The third-order valence-corrected chi connectivity index (χ3v) is 5.11. The van der Waals surface area contributed by atoms with Crippen LogP contribution in [0, 0.1) is 0 Å². The zero-order valence-corrected chi connectivity index (χ0v) is 12.8. The molecule has 2 rings (SSSR count). The van der Waals surface area contributed by atoms with Crippen molar-refractivity contribution in [2.45, 2.75) is 37.8 Å². The van der Waals surface area contributed by atoms with Crippen LogP contribution in [0.15, 0.2) is 12.7 Å². The van der Waals surface area contributed by atoms with Crippen LogP contribution < -0.4 is 5.32 Å². The molecule has 1 N–H and O–H groups in total.